The molecule has 180 valence electrons. The molecule has 0 saturated carbocycles. The molecule has 1 amide bonds. The van der Waals surface area contributed by atoms with Crippen LogP contribution in [0, 0.1) is 12.8 Å². The van der Waals surface area contributed by atoms with Crippen LogP contribution in [0.15, 0.2) is 35.1 Å². The summed E-state index contributed by atoms with van der Waals surface area (Å²) in [5.41, 5.74) is 0.719. The Bertz CT molecular complexity index is 1140. The van der Waals surface area contributed by atoms with Gasteiger partial charge in [-0.2, -0.15) is 0 Å². The second-order valence-corrected chi connectivity index (χ2v) is 9.66. The minimum absolute atomic E-state index is 0.0442. The van der Waals surface area contributed by atoms with Crippen LogP contribution in [0.25, 0.3) is 0 Å². The number of rotatable bonds is 7. The molecule has 34 heavy (non-hydrogen) atoms. The maximum atomic E-state index is 12.7. The van der Waals surface area contributed by atoms with Crippen LogP contribution in [0.2, 0.25) is 0 Å². The minimum Gasteiger partial charge on any atom is -0.480 e. The van der Waals surface area contributed by atoms with Crippen molar-refractivity contribution in [1.82, 2.24) is 25.2 Å². The molecule has 1 saturated heterocycles. The second-order valence-electron chi connectivity index (χ2n) is 8.23. The number of carboxylic acids is 1. The summed E-state index contributed by atoms with van der Waals surface area (Å²) in [5, 5.41) is 16.1. The smallest absolute Gasteiger partial charge is 0.317 e. The standard InChI is InChI=1S/C22H26ClN7O3S/c1-13-4-3-5-15(23)20(13)28-21(33)16-11-24-22(34-16)27-17-10-18(26-14(2)25-17)30-8-6-29(7-9-30)12-19(31)32/h3,5,10-11,13H,4,6-9,12H2,1-2H3,(H,28,33)(H,31,32)(H,24,25,26,27). The molecule has 10 nitrogen and oxygen atoms in total. The summed E-state index contributed by atoms with van der Waals surface area (Å²) in [6.07, 6.45) is 6.14. The Kier molecular flexibility index (Phi) is 7.44. The number of allylic oxidation sites excluding steroid dienone is 4. The number of carbonyl (C=O) groups excluding carboxylic acids is 1. The van der Waals surface area contributed by atoms with E-state index in [2.05, 4.69) is 30.5 Å². The number of halogens is 1. The molecule has 4 rings (SSSR count). The third-order valence-electron chi connectivity index (χ3n) is 5.60. The monoisotopic (exact) mass is 503 g/mol. The van der Waals surface area contributed by atoms with Gasteiger partial charge in [-0.25, -0.2) is 15.0 Å². The van der Waals surface area contributed by atoms with Crippen LogP contribution < -0.4 is 15.5 Å². The highest BCUT2D eigenvalue weighted by Gasteiger charge is 2.22. The van der Waals surface area contributed by atoms with Gasteiger partial charge in [-0.1, -0.05) is 35.9 Å². The summed E-state index contributed by atoms with van der Waals surface area (Å²) in [6, 6.07) is 1.83. The number of aromatic nitrogens is 3. The molecular weight excluding hydrogens is 478 g/mol. The maximum Gasteiger partial charge on any atom is 0.317 e. The summed E-state index contributed by atoms with van der Waals surface area (Å²) >= 11 is 7.48. The predicted molar refractivity (Wildman–Crippen MR) is 132 cm³/mol. The maximum absolute atomic E-state index is 12.7. The number of amides is 1. The van der Waals surface area contributed by atoms with E-state index < -0.39 is 5.97 Å². The number of carbonyl (C=O) groups is 2. The van der Waals surface area contributed by atoms with Crippen LogP contribution in [0.1, 0.15) is 28.8 Å². The lowest BCUT2D eigenvalue weighted by Crippen LogP contribution is -2.48. The number of nitrogens with zero attached hydrogens (tertiary/aromatic N) is 5. The molecule has 0 radical (unpaired) electrons. The lowest BCUT2D eigenvalue weighted by Gasteiger charge is -2.34. The van der Waals surface area contributed by atoms with E-state index in [1.165, 1.54) is 17.5 Å². The molecule has 1 aliphatic heterocycles. The molecule has 0 spiro atoms. The summed E-state index contributed by atoms with van der Waals surface area (Å²) < 4.78 is 0. The highest BCUT2D eigenvalue weighted by molar-refractivity contribution is 7.17. The van der Waals surface area contributed by atoms with Gasteiger partial charge >= 0.3 is 5.97 Å². The number of anilines is 3. The second kappa shape index (κ2) is 10.5. The Morgan fingerprint density at radius 3 is 2.74 bits per heavy atom. The van der Waals surface area contributed by atoms with E-state index in [0.29, 0.717) is 52.9 Å². The fraction of sp³-hybridized carbons (Fsp3) is 0.409. The van der Waals surface area contributed by atoms with E-state index in [-0.39, 0.29) is 18.4 Å². The molecule has 3 N–H and O–H groups in total. The van der Waals surface area contributed by atoms with Crippen molar-refractivity contribution in [1.29, 1.82) is 0 Å². The first-order valence-corrected chi connectivity index (χ1v) is 12.1. The molecule has 1 fully saturated rings. The first-order chi connectivity index (χ1) is 16.3. The van der Waals surface area contributed by atoms with E-state index in [1.54, 1.807) is 6.08 Å². The third-order valence-corrected chi connectivity index (χ3v) is 6.84. The number of aryl methyl sites for hydroxylation is 1. The number of piperazine rings is 1. The van der Waals surface area contributed by atoms with Crippen molar-refractivity contribution >= 4 is 51.6 Å². The van der Waals surface area contributed by atoms with Gasteiger partial charge in [-0.15, -0.1) is 0 Å². The van der Waals surface area contributed by atoms with Crippen LogP contribution in [0.4, 0.5) is 16.8 Å². The van der Waals surface area contributed by atoms with Crippen LogP contribution in [0.5, 0.6) is 0 Å². The Labute approximate surface area is 206 Å². The van der Waals surface area contributed by atoms with Crippen LogP contribution in [0.3, 0.4) is 0 Å². The van der Waals surface area contributed by atoms with Crippen molar-refractivity contribution in [2.75, 3.05) is 42.9 Å². The van der Waals surface area contributed by atoms with Gasteiger partial charge < -0.3 is 20.6 Å². The van der Waals surface area contributed by atoms with Crippen molar-refractivity contribution in [3.05, 3.63) is 45.8 Å². The molecule has 3 heterocycles. The zero-order chi connectivity index (χ0) is 24.2. The minimum atomic E-state index is -0.820. The predicted octanol–water partition coefficient (Wildman–Crippen LogP) is 2.97. The molecule has 2 aliphatic rings. The van der Waals surface area contributed by atoms with Gasteiger partial charge in [-0.3, -0.25) is 14.5 Å². The van der Waals surface area contributed by atoms with Gasteiger partial charge in [0.1, 0.15) is 22.3 Å². The number of thiazole rings is 1. The first-order valence-electron chi connectivity index (χ1n) is 10.9. The van der Waals surface area contributed by atoms with Crippen molar-refractivity contribution in [2.45, 2.75) is 20.3 Å². The van der Waals surface area contributed by atoms with Gasteiger partial charge in [0.2, 0.25) is 0 Å². The Balaban J connectivity index is 1.41. The number of carboxylic acid groups (broad SMARTS) is 1. The molecule has 2 aromatic rings. The average Bonchev–Trinajstić information content (AvgIpc) is 3.24. The molecule has 0 bridgehead atoms. The van der Waals surface area contributed by atoms with Crippen LogP contribution >= 0.6 is 22.9 Å². The number of aliphatic carboxylic acids is 1. The van der Waals surface area contributed by atoms with Gasteiger partial charge in [0, 0.05) is 43.9 Å². The average molecular weight is 504 g/mol. The van der Waals surface area contributed by atoms with Crippen molar-refractivity contribution in [3.63, 3.8) is 0 Å². The number of nitrogens with one attached hydrogen (secondary N) is 2. The Hall–Kier alpha value is -3.02. The molecule has 1 atom stereocenters. The largest absolute Gasteiger partial charge is 0.480 e. The lowest BCUT2D eigenvalue weighted by atomic mass is 9.99. The molecule has 0 aromatic carbocycles. The topological polar surface area (TPSA) is 124 Å². The fourth-order valence-electron chi connectivity index (χ4n) is 3.84. The molecule has 1 unspecified atom stereocenters. The zero-order valence-electron chi connectivity index (χ0n) is 18.9. The Morgan fingerprint density at radius 2 is 2.03 bits per heavy atom. The molecular formula is C22H26ClN7O3S. The van der Waals surface area contributed by atoms with Crippen LogP contribution in [-0.4, -0.2) is 69.6 Å². The van der Waals surface area contributed by atoms with Crippen molar-refractivity contribution in [2.24, 2.45) is 5.92 Å². The van der Waals surface area contributed by atoms with Gasteiger partial charge in [0.15, 0.2) is 5.13 Å². The third kappa shape index (κ3) is 5.91. The van der Waals surface area contributed by atoms with Crippen molar-refractivity contribution < 1.29 is 14.7 Å². The SMILES string of the molecule is Cc1nc(Nc2ncc(C(=O)NC3=C(Cl)C=CCC3C)s2)cc(N2CCN(CC(=O)O)CC2)n1. The summed E-state index contributed by atoms with van der Waals surface area (Å²) in [5.74, 6) is 1.01. The van der Waals surface area contributed by atoms with Gasteiger partial charge in [0.05, 0.1) is 17.8 Å². The van der Waals surface area contributed by atoms with E-state index in [4.69, 9.17) is 16.7 Å². The highest BCUT2D eigenvalue weighted by atomic mass is 35.5. The molecule has 12 heteroatoms. The Morgan fingerprint density at radius 1 is 1.26 bits per heavy atom. The highest BCUT2D eigenvalue weighted by Crippen LogP contribution is 2.28. The van der Waals surface area contributed by atoms with Gasteiger partial charge in [0.25, 0.3) is 5.91 Å². The fourth-order valence-corrected chi connectivity index (χ4v) is 4.88. The molecule has 2 aromatic heterocycles. The lowest BCUT2D eigenvalue weighted by molar-refractivity contribution is -0.138. The van der Waals surface area contributed by atoms with Gasteiger partial charge in [-0.05, 0) is 19.4 Å². The van der Waals surface area contributed by atoms with E-state index in [9.17, 15) is 9.59 Å². The normalized spacial score (nSPS) is 18.8. The zero-order valence-corrected chi connectivity index (χ0v) is 20.5. The first kappa shape index (κ1) is 24.1. The van der Waals surface area contributed by atoms with E-state index >= 15 is 0 Å². The molecule has 1 aliphatic carbocycles. The van der Waals surface area contributed by atoms with E-state index in [1.807, 2.05) is 30.9 Å². The summed E-state index contributed by atoms with van der Waals surface area (Å²) in [6.45, 7) is 6.53. The van der Waals surface area contributed by atoms with E-state index in [0.717, 1.165) is 17.9 Å². The van der Waals surface area contributed by atoms with Crippen molar-refractivity contribution in [3.8, 4) is 0 Å². The number of hydrogen-bond acceptors (Lipinski definition) is 9. The quantitative estimate of drug-likeness (QED) is 0.523. The number of hydrogen-bond donors (Lipinski definition) is 3. The summed E-state index contributed by atoms with van der Waals surface area (Å²) in [4.78, 5) is 41.4. The van der Waals surface area contributed by atoms with Crippen LogP contribution in [-0.2, 0) is 4.79 Å². The summed E-state index contributed by atoms with van der Waals surface area (Å²) in [7, 11) is 0.